The van der Waals surface area contributed by atoms with Gasteiger partial charge in [-0.25, -0.2) is 4.79 Å². The Hall–Kier alpha value is -0.970. The molecule has 0 bridgehead atoms. The predicted octanol–water partition coefficient (Wildman–Crippen LogP) is 0.916. The molecule has 0 aliphatic carbocycles. The highest BCUT2D eigenvalue weighted by Gasteiger charge is 2.24. The lowest BCUT2D eigenvalue weighted by Crippen LogP contribution is -2.50. The topological polar surface area (TPSA) is 49.9 Å². The minimum atomic E-state index is -0.299. The predicted molar refractivity (Wildman–Crippen MR) is 60.5 cm³/mol. The van der Waals surface area contributed by atoms with Gasteiger partial charge in [0.15, 0.2) is 0 Å². The molecule has 1 saturated heterocycles. The summed E-state index contributed by atoms with van der Waals surface area (Å²) < 4.78 is 4.89. The molecule has 1 aliphatic heterocycles. The summed E-state index contributed by atoms with van der Waals surface area (Å²) in [6, 6.07) is 0. The van der Waals surface area contributed by atoms with Crippen molar-refractivity contribution in [3.8, 4) is 0 Å². The Labute approximate surface area is 100 Å². The fraction of sp³-hybridized carbons (Fsp3) is 0.800. The SMILES string of the molecule is CCOC(=O)N1CCN(C(=O)CCCl)CC1. The second-order valence-electron chi connectivity index (χ2n) is 3.51. The van der Waals surface area contributed by atoms with Crippen molar-refractivity contribution in [3.63, 3.8) is 0 Å². The van der Waals surface area contributed by atoms with Crippen molar-refractivity contribution in [1.29, 1.82) is 0 Å². The molecule has 0 spiro atoms. The number of halogens is 1. The first-order chi connectivity index (χ1) is 7.69. The van der Waals surface area contributed by atoms with E-state index in [4.69, 9.17) is 16.3 Å². The molecule has 6 heteroatoms. The van der Waals surface area contributed by atoms with Gasteiger partial charge in [0.2, 0.25) is 5.91 Å². The Bertz CT molecular complexity index is 226. The highest BCUT2D eigenvalue weighted by Crippen LogP contribution is 2.05. The van der Waals surface area contributed by atoms with Crippen molar-refractivity contribution in [1.82, 2.24) is 9.80 Å². The maximum atomic E-state index is 11.5. The van der Waals surface area contributed by atoms with E-state index in [9.17, 15) is 9.59 Å². The molecular formula is C10H17ClN2O3. The van der Waals surface area contributed by atoms with E-state index in [2.05, 4.69) is 0 Å². The van der Waals surface area contributed by atoms with Crippen LogP contribution in [0.25, 0.3) is 0 Å². The third kappa shape index (κ3) is 3.56. The zero-order valence-electron chi connectivity index (χ0n) is 9.45. The summed E-state index contributed by atoms with van der Waals surface area (Å²) in [6.07, 6.45) is 0.0629. The molecule has 1 fully saturated rings. The van der Waals surface area contributed by atoms with E-state index in [1.807, 2.05) is 0 Å². The Morgan fingerprint density at radius 3 is 2.25 bits per heavy atom. The fourth-order valence-electron chi connectivity index (χ4n) is 1.59. The molecule has 0 radical (unpaired) electrons. The molecular weight excluding hydrogens is 232 g/mol. The quantitative estimate of drug-likeness (QED) is 0.698. The smallest absolute Gasteiger partial charge is 0.409 e. The molecule has 2 amide bonds. The van der Waals surface area contributed by atoms with Crippen molar-refractivity contribution in [2.24, 2.45) is 0 Å². The van der Waals surface area contributed by atoms with Crippen LogP contribution in [0.4, 0.5) is 4.79 Å². The first-order valence-electron chi connectivity index (χ1n) is 5.44. The van der Waals surface area contributed by atoms with Gasteiger partial charge in [-0.1, -0.05) is 0 Å². The fourth-order valence-corrected chi connectivity index (χ4v) is 1.75. The number of alkyl halides is 1. The number of rotatable bonds is 3. The minimum Gasteiger partial charge on any atom is -0.450 e. The molecule has 0 aromatic heterocycles. The lowest BCUT2D eigenvalue weighted by molar-refractivity contribution is -0.132. The molecule has 1 aliphatic rings. The Kier molecular flexibility index (Phi) is 5.38. The van der Waals surface area contributed by atoms with E-state index in [1.165, 1.54) is 0 Å². The summed E-state index contributed by atoms with van der Waals surface area (Å²) >= 11 is 5.50. The van der Waals surface area contributed by atoms with Crippen LogP contribution in [0, 0.1) is 0 Å². The molecule has 16 heavy (non-hydrogen) atoms. The zero-order valence-corrected chi connectivity index (χ0v) is 10.2. The third-order valence-electron chi connectivity index (χ3n) is 2.47. The van der Waals surface area contributed by atoms with Crippen LogP contribution in [0.2, 0.25) is 0 Å². The molecule has 0 aromatic rings. The van der Waals surface area contributed by atoms with Crippen LogP contribution in [-0.4, -0.2) is 60.5 Å². The molecule has 1 heterocycles. The molecule has 92 valence electrons. The van der Waals surface area contributed by atoms with Crippen LogP contribution >= 0.6 is 11.6 Å². The van der Waals surface area contributed by atoms with Crippen molar-refractivity contribution < 1.29 is 14.3 Å². The number of hydrogen-bond donors (Lipinski definition) is 0. The minimum absolute atomic E-state index is 0.0542. The zero-order chi connectivity index (χ0) is 12.0. The first-order valence-corrected chi connectivity index (χ1v) is 5.98. The van der Waals surface area contributed by atoms with E-state index in [0.717, 1.165) is 0 Å². The van der Waals surface area contributed by atoms with Gasteiger partial charge in [0.1, 0.15) is 0 Å². The first kappa shape index (κ1) is 13.1. The van der Waals surface area contributed by atoms with Crippen molar-refractivity contribution in [3.05, 3.63) is 0 Å². The van der Waals surface area contributed by atoms with Crippen LogP contribution in [-0.2, 0) is 9.53 Å². The standard InChI is InChI=1S/C10H17ClN2O3/c1-2-16-10(15)13-7-5-12(6-8-13)9(14)3-4-11/h2-8H2,1H3. The van der Waals surface area contributed by atoms with Crippen molar-refractivity contribution in [2.75, 3.05) is 38.7 Å². The van der Waals surface area contributed by atoms with E-state index in [1.54, 1.807) is 16.7 Å². The highest BCUT2D eigenvalue weighted by molar-refractivity contribution is 6.18. The summed E-state index contributed by atoms with van der Waals surface area (Å²) in [5.41, 5.74) is 0. The van der Waals surface area contributed by atoms with E-state index in [-0.39, 0.29) is 12.0 Å². The van der Waals surface area contributed by atoms with Crippen molar-refractivity contribution in [2.45, 2.75) is 13.3 Å². The van der Waals surface area contributed by atoms with Crippen LogP contribution in [0.5, 0.6) is 0 Å². The van der Waals surface area contributed by atoms with Gasteiger partial charge in [0.05, 0.1) is 6.61 Å². The van der Waals surface area contributed by atoms with Gasteiger partial charge in [0.25, 0.3) is 0 Å². The second kappa shape index (κ2) is 6.58. The second-order valence-corrected chi connectivity index (χ2v) is 3.88. The van der Waals surface area contributed by atoms with E-state index >= 15 is 0 Å². The van der Waals surface area contributed by atoms with Crippen LogP contribution < -0.4 is 0 Å². The summed E-state index contributed by atoms with van der Waals surface area (Å²) in [4.78, 5) is 26.2. The lowest BCUT2D eigenvalue weighted by atomic mass is 10.3. The largest absolute Gasteiger partial charge is 0.450 e. The maximum Gasteiger partial charge on any atom is 0.409 e. The van der Waals surface area contributed by atoms with Gasteiger partial charge >= 0.3 is 6.09 Å². The van der Waals surface area contributed by atoms with Gasteiger partial charge in [-0.2, -0.15) is 0 Å². The number of nitrogens with zero attached hydrogens (tertiary/aromatic N) is 2. The summed E-state index contributed by atoms with van der Waals surface area (Å²) in [6.45, 7) is 4.35. The van der Waals surface area contributed by atoms with Crippen LogP contribution in [0.15, 0.2) is 0 Å². The average molecular weight is 249 g/mol. The van der Waals surface area contributed by atoms with E-state index < -0.39 is 0 Å². The molecule has 0 unspecified atom stereocenters. The van der Waals surface area contributed by atoms with Crippen LogP contribution in [0.1, 0.15) is 13.3 Å². The van der Waals surface area contributed by atoms with Gasteiger partial charge in [-0.15, -0.1) is 11.6 Å². The summed E-state index contributed by atoms with van der Waals surface area (Å²) in [5.74, 6) is 0.398. The number of hydrogen-bond acceptors (Lipinski definition) is 3. The Morgan fingerprint density at radius 1 is 1.19 bits per heavy atom. The van der Waals surface area contributed by atoms with Gasteiger partial charge in [-0.3, -0.25) is 4.79 Å². The Balaban J connectivity index is 2.33. The molecule has 0 atom stereocenters. The normalized spacial score (nSPS) is 16.1. The molecule has 1 rings (SSSR count). The van der Waals surface area contributed by atoms with Crippen LogP contribution in [0.3, 0.4) is 0 Å². The molecule has 0 aromatic carbocycles. The van der Waals surface area contributed by atoms with E-state index in [0.29, 0.717) is 45.1 Å². The average Bonchev–Trinajstić information content (AvgIpc) is 2.30. The van der Waals surface area contributed by atoms with Gasteiger partial charge in [0, 0.05) is 38.5 Å². The summed E-state index contributed by atoms with van der Waals surface area (Å²) in [7, 11) is 0. The number of ether oxygens (including phenoxy) is 1. The third-order valence-corrected chi connectivity index (χ3v) is 2.66. The number of piperazine rings is 1. The molecule has 0 saturated carbocycles. The van der Waals surface area contributed by atoms with Gasteiger partial charge in [-0.05, 0) is 6.92 Å². The summed E-state index contributed by atoms with van der Waals surface area (Å²) in [5, 5.41) is 0. The maximum absolute atomic E-state index is 11.5. The van der Waals surface area contributed by atoms with Crippen molar-refractivity contribution >= 4 is 23.6 Å². The highest BCUT2D eigenvalue weighted by atomic mass is 35.5. The Morgan fingerprint density at radius 2 is 1.75 bits per heavy atom. The number of amides is 2. The molecule has 5 nitrogen and oxygen atoms in total. The number of carbonyl (C=O) groups is 2. The monoisotopic (exact) mass is 248 g/mol. The number of carbonyl (C=O) groups excluding carboxylic acids is 2. The van der Waals surface area contributed by atoms with Gasteiger partial charge < -0.3 is 14.5 Å². The lowest BCUT2D eigenvalue weighted by Gasteiger charge is -2.34. The molecule has 0 N–H and O–H groups in total.